The summed E-state index contributed by atoms with van der Waals surface area (Å²) in [6.45, 7) is 0.852. The number of carbonyl (C=O) groups excluding carboxylic acids is 1. The molecule has 21 heavy (non-hydrogen) atoms. The molecule has 1 N–H and O–H groups in total. The third-order valence-corrected chi connectivity index (χ3v) is 8.40. The smallest absolute Gasteiger partial charge is 0.223 e. The predicted octanol–water partition coefficient (Wildman–Crippen LogP) is 1.75. The van der Waals surface area contributed by atoms with Gasteiger partial charge in [-0.3, -0.25) is 4.79 Å². The molecule has 1 heterocycles. The van der Waals surface area contributed by atoms with Crippen molar-refractivity contribution in [1.29, 1.82) is 0 Å². The number of hydrogen-bond donors (Lipinski definition) is 1. The highest BCUT2D eigenvalue weighted by Crippen LogP contribution is 2.59. The number of fused-ring (bicyclic) bond motifs is 2. The molecule has 118 valence electrons. The van der Waals surface area contributed by atoms with Gasteiger partial charge in [-0.05, 0) is 61.7 Å². The molecule has 0 aromatic carbocycles. The van der Waals surface area contributed by atoms with Gasteiger partial charge in [-0.25, -0.2) is 8.42 Å². The van der Waals surface area contributed by atoms with Crippen molar-refractivity contribution in [2.75, 3.05) is 18.1 Å². The predicted molar refractivity (Wildman–Crippen MR) is 80.4 cm³/mol. The van der Waals surface area contributed by atoms with Crippen molar-refractivity contribution in [2.24, 2.45) is 29.1 Å². The summed E-state index contributed by atoms with van der Waals surface area (Å²) in [6.07, 6.45) is 7.74. The molecule has 0 aromatic heterocycles. The fourth-order valence-electron chi connectivity index (χ4n) is 5.20. The SMILES string of the molecule is O=C(NC[C@H]1C[C@H]2CC[C@H]1C2)[C@@H]1CC12CCS(=O)(=O)CC2. The van der Waals surface area contributed by atoms with E-state index < -0.39 is 9.84 Å². The van der Waals surface area contributed by atoms with E-state index in [1.165, 1.54) is 25.7 Å². The lowest BCUT2D eigenvalue weighted by Gasteiger charge is -2.24. The van der Waals surface area contributed by atoms with Gasteiger partial charge in [0.2, 0.25) is 5.91 Å². The number of hydrogen-bond acceptors (Lipinski definition) is 3. The molecule has 3 saturated carbocycles. The van der Waals surface area contributed by atoms with Crippen LogP contribution in [0.25, 0.3) is 0 Å². The Kier molecular flexibility index (Phi) is 3.15. The number of nitrogens with one attached hydrogen (secondary N) is 1. The average Bonchev–Trinajstić information content (AvgIpc) is 2.80. The van der Waals surface area contributed by atoms with Crippen LogP contribution in [0.15, 0.2) is 0 Å². The minimum atomic E-state index is -2.83. The topological polar surface area (TPSA) is 63.2 Å². The summed E-state index contributed by atoms with van der Waals surface area (Å²) in [5, 5.41) is 3.18. The van der Waals surface area contributed by atoms with Gasteiger partial charge in [0, 0.05) is 12.5 Å². The van der Waals surface area contributed by atoms with Gasteiger partial charge in [0.05, 0.1) is 11.5 Å². The van der Waals surface area contributed by atoms with Gasteiger partial charge in [-0.2, -0.15) is 0 Å². The number of amides is 1. The first-order valence-corrected chi connectivity index (χ1v) is 10.3. The van der Waals surface area contributed by atoms with E-state index in [-0.39, 0.29) is 28.7 Å². The first-order valence-electron chi connectivity index (χ1n) is 8.46. The Bertz CT molecular complexity index is 542. The van der Waals surface area contributed by atoms with Crippen LogP contribution in [0, 0.1) is 29.1 Å². The Morgan fingerprint density at radius 1 is 1.14 bits per heavy atom. The van der Waals surface area contributed by atoms with Gasteiger partial charge in [0.25, 0.3) is 0 Å². The molecule has 0 aromatic rings. The molecule has 3 aliphatic carbocycles. The van der Waals surface area contributed by atoms with Crippen molar-refractivity contribution in [3.8, 4) is 0 Å². The second kappa shape index (κ2) is 4.71. The molecule has 4 atom stereocenters. The summed E-state index contributed by atoms with van der Waals surface area (Å²) >= 11 is 0. The van der Waals surface area contributed by atoms with Crippen molar-refractivity contribution < 1.29 is 13.2 Å². The Balaban J connectivity index is 1.27. The van der Waals surface area contributed by atoms with Crippen molar-refractivity contribution in [2.45, 2.75) is 44.9 Å². The largest absolute Gasteiger partial charge is 0.356 e. The van der Waals surface area contributed by atoms with Crippen LogP contribution in [-0.4, -0.2) is 32.4 Å². The average molecular weight is 311 g/mol. The Hall–Kier alpha value is -0.580. The monoisotopic (exact) mass is 311 g/mol. The molecule has 1 amide bonds. The van der Waals surface area contributed by atoms with Crippen LogP contribution in [0.4, 0.5) is 0 Å². The molecule has 4 nitrogen and oxygen atoms in total. The van der Waals surface area contributed by atoms with E-state index in [4.69, 9.17) is 0 Å². The Morgan fingerprint density at radius 2 is 1.90 bits per heavy atom. The molecule has 1 spiro atoms. The van der Waals surface area contributed by atoms with Crippen molar-refractivity contribution in [3.63, 3.8) is 0 Å². The van der Waals surface area contributed by atoms with E-state index in [0.29, 0.717) is 18.8 Å². The zero-order valence-electron chi connectivity index (χ0n) is 12.5. The van der Waals surface area contributed by atoms with Gasteiger partial charge in [-0.1, -0.05) is 6.42 Å². The quantitative estimate of drug-likeness (QED) is 0.864. The zero-order valence-corrected chi connectivity index (χ0v) is 13.3. The standard InChI is InChI=1S/C16H25NO3S/c18-15(17-10-13-8-11-1-2-12(13)7-11)14-9-16(14)3-5-21(19,20)6-4-16/h11-14H,1-10H2,(H,17,18)/t11-,12-,13+,14-/m0/s1. The molecule has 4 fully saturated rings. The summed E-state index contributed by atoms with van der Waals surface area (Å²) in [7, 11) is -2.83. The van der Waals surface area contributed by atoms with Crippen LogP contribution in [-0.2, 0) is 14.6 Å². The highest BCUT2D eigenvalue weighted by atomic mass is 32.2. The van der Waals surface area contributed by atoms with E-state index in [1.807, 2.05) is 0 Å². The highest BCUT2D eigenvalue weighted by Gasteiger charge is 2.59. The molecule has 5 heteroatoms. The first kappa shape index (κ1) is 14.0. The number of carbonyl (C=O) groups is 1. The van der Waals surface area contributed by atoms with Gasteiger partial charge >= 0.3 is 0 Å². The molecule has 2 bridgehead atoms. The lowest BCUT2D eigenvalue weighted by Crippen LogP contribution is -2.35. The van der Waals surface area contributed by atoms with Gasteiger partial charge < -0.3 is 5.32 Å². The van der Waals surface area contributed by atoms with E-state index in [0.717, 1.165) is 24.8 Å². The van der Waals surface area contributed by atoms with Crippen LogP contribution in [0.2, 0.25) is 0 Å². The minimum absolute atomic E-state index is 0.0318. The maximum atomic E-state index is 12.3. The summed E-state index contributed by atoms with van der Waals surface area (Å²) in [5.74, 6) is 3.32. The maximum absolute atomic E-state index is 12.3. The third-order valence-electron chi connectivity index (χ3n) is 6.75. The Morgan fingerprint density at radius 3 is 2.52 bits per heavy atom. The molecule has 4 aliphatic rings. The Labute approximate surface area is 127 Å². The van der Waals surface area contributed by atoms with Crippen LogP contribution in [0.3, 0.4) is 0 Å². The van der Waals surface area contributed by atoms with E-state index in [9.17, 15) is 13.2 Å². The fraction of sp³-hybridized carbons (Fsp3) is 0.938. The third kappa shape index (κ3) is 2.51. The lowest BCUT2D eigenvalue weighted by atomic mass is 9.88. The normalized spacial score (nSPS) is 42.1. The summed E-state index contributed by atoms with van der Waals surface area (Å²) in [4.78, 5) is 12.3. The van der Waals surface area contributed by atoms with Gasteiger partial charge in [0.1, 0.15) is 9.84 Å². The molecular formula is C16H25NO3S. The van der Waals surface area contributed by atoms with E-state index >= 15 is 0 Å². The second-order valence-electron chi connectivity index (χ2n) is 7.95. The van der Waals surface area contributed by atoms with Gasteiger partial charge in [-0.15, -0.1) is 0 Å². The zero-order chi connectivity index (χ0) is 14.7. The number of rotatable bonds is 3. The molecule has 1 aliphatic heterocycles. The van der Waals surface area contributed by atoms with Crippen LogP contribution < -0.4 is 5.32 Å². The summed E-state index contributed by atoms with van der Waals surface area (Å²) in [6, 6.07) is 0. The minimum Gasteiger partial charge on any atom is -0.356 e. The lowest BCUT2D eigenvalue weighted by molar-refractivity contribution is -0.123. The summed E-state index contributed by atoms with van der Waals surface area (Å²) < 4.78 is 23.0. The maximum Gasteiger partial charge on any atom is 0.223 e. The van der Waals surface area contributed by atoms with Crippen molar-refractivity contribution in [3.05, 3.63) is 0 Å². The first-order chi connectivity index (χ1) is 9.97. The van der Waals surface area contributed by atoms with Gasteiger partial charge in [0.15, 0.2) is 0 Å². The van der Waals surface area contributed by atoms with Crippen molar-refractivity contribution in [1.82, 2.24) is 5.32 Å². The molecule has 0 unspecified atom stereocenters. The van der Waals surface area contributed by atoms with E-state index in [1.54, 1.807) is 0 Å². The summed E-state index contributed by atoms with van der Waals surface area (Å²) in [5.41, 5.74) is 0.0318. The van der Waals surface area contributed by atoms with E-state index in [2.05, 4.69) is 5.32 Å². The highest BCUT2D eigenvalue weighted by molar-refractivity contribution is 7.91. The molecular weight excluding hydrogens is 286 g/mol. The van der Waals surface area contributed by atoms with Crippen LogP contribution >= 0.6 is 0 Å². The second-order valence-corrected chi connectivity index (χ2v) is 10.3. The number of sulfone groups is 1. The van der Waals surface area contributed by atoms with Crippen LogP contribution in [0.1, 0.15) is 44.9 Å². The van der Waals surface area contributed by atoms with Crippen molar-refractivity contribution >= 4 is 15.7 Å². The molecule has 0 radical (unpaired) electrons. The van der Waals surface area contributed by atoms with Crippen LogP contribution in [0.5, 0.6) is 0 Å². The molecule has 1 saturated heterocycles. The fourth-order valence-corrected chi connectivity index (χ4v) is 6.84. The molecule has 4 rings (SSSR count).